The fourth-order valence-electron chi connectivity index (χ4n) is 2.28. The Hall–Kier alpha value is -1.07. The smallest absolute Gasteiger partial charge is 0.261 e. The van der Waals surface area contributed by atoms with Crippen molar-refractivity contribution in [2.75, 3.05) is 13.7 Å². The molecule has 0 aromatic carbocycles. The van der Waals surface area contributed by atoms with E-state index in [1.807, 2.05) is 5.38 Å². The van der Waals surface area contributed by atoms with Crippen LogP contribution in [0.4, 0.5) is 0 Å². The van der Waals surface area contributed by atoms with Crippen molar-refractivity contribution in [3.8, 4) is 5.75 Å². The zero-order valence-corrected chi connectivity index (χ0v) is 10.8. The van der Waals surface area contributed by atoms with Gasteiger partial charge in [0.1, 0.15) is 5.75 Å². The predicted octanol–water partition coefficient (Wildman–Crippen LogP) is 1.76. The Morgan fingerprint density at radius 3 is 2.82 bits per heavy atom. The number of hydrogen-bond donors (Lipinski definition) is 2. The lowest BCUT2D eigenvalue weighted by atomic mass is 9.98. The summed E-state index contributed by atoms with van der Waals surface area (Å²) < 4.78 is 5.07. The molecule has 17 heavy (non-hydrogen) atoms. The minimum atomic E-state index is -0.186. The number of ether oxygens (including phenoxy) is 1. The van der Waals surface area contributed by atoms with Gasteiger partial charge in [0.15, 0.2) is 0 Å². The third-order valence-electron chi connectivity index (χ3n) is 3.36. The van der Waals surface area contributed by atoms with E-state index >= 15 is 0 Å². The molecule has 0 saturated heterocycles. The van der Waals surface area contributed by atoms with Crippen molar-refractivity contribution in [2.45, 2.75) is 31.2 Å². The van der Waals surface area contributed by atoms with Gasteiger partial charge in [-0.25, -0.2) is 0 Å². The first-order chi connectivity index (χ1) is 8.19. The number of nitrogens with two attached hydrogens (primary N) is 1. The average Bonchev–Trinajstić information content (AvgIpc) is 2.97. The number of carbonyl (C=O) groups excluding carboxylic acids is 1. The molecular formula is C12H18N2O2S. The third kappa shape index (κ3) is 2.61. The summed E-state index contributed by atoms with van der Waals surface area (Å²) in [5.74, 6) is 0.694. The molecule has 94 valence electrons. The normalized spacial score (nSPS) is 18.0. The summed E-state index contributed by atoms with van der Waals surface area (Å²) in [5, 5.41) is 4.92. The molecule has 1 aromatic rings. The zero-order chi connectivity index (χ0) is 12.3. The van der Waals surface area contributed by atoms with Gasteiger partial charge >= 0.3 is 0 Å². The number of nitrogens with one attached hydrogen (secondary N) is 1. The fraction of sp³-hybridized carbons (Fsp3) is 0.583. The highest BCUT2D eigenvalue weighted by atomic mass is 32.1. The van der Waals surface area contributed by atoms with E-state index in [0.29, 0.717) is 11.4 Å². The monoisotopic (exact) mass is 254 g/mol. The molecule has 0 radical (unpaired) electrons. The molecular weight excluding hydrogens is 236 g/mol. The van der Waals surface area contributed by atoms with Crippen LogP contribution in [-0.4, -0.2) is 25.1 Å². The Labute approximate surface area is 105 Å². The summed E-state index contributed by atoms with van der Waals surface area (Å²) in [6.45, 7) is 0.515. The molecule has 0 spiro atoms. The molecule has 1 aliphatic rings. The van der Waals surface area contributed by atoms with Crippen molar-refractivity contribution in [1.82, 2.24) is 5.32 Å². The first-order valence-corrected chi connectivity index (χ1v) is 6.72. The van der Waals surface area contributed by atoms with Crippen LogP contribution in [0.15, 0.2) is 11.4 Å². The lowest BCUT2D eigenvalue weighted by Gasteiger charge is -2.28. The molecule has 1 amide bonds. The minimum Gasteiger partial charge on any atom is -0.496 e. The van der Waals surface area contributed by atoms with Gasteiger partial charge in [-0.1, -0.05) is 12.8 Å². The van der Waals surface area contributed by atoms with Crippen LogP contribution < -0.4 is 15.8 Å². The number of carbonyl (C=O) groups is 1. The highest BCUT2D eigenvalue weighted by Crippen LogP contribution is 2.30. The highest BCUT2D eigenvalue weighted by molar-refractivity contribution is 7.12. The second-order valence-corrected chi connectivity index (χ2v) is 5.41. The van der Waals surface area contributed by atoms with Crippen LogP contribution in [0.3, 0.4) is 0 Å². The maximum atomic E-state index is 12.1. The summed E-state index contributed by atoms with van der Waals surface area (Å²) in [7, 11) is 1.60. The summed E-state index contributed by atoms with van der Waals surface area (Å²) in [4.78, 5) is 12.8. The van der Waals surface area contributed by atoms with Crippen LogP contribution in [0.2, 0.25) is 0 Å². The molecule has 1 aromatic heterocycles. The standard InChI is InChI=1S/C12H18N2O2S/c1-16-9-6-10(17-7-9)11(15)14-12(8-13)4-2-3-5-12/h6-7H,2-5,8,13H2,1H3,(H,14,15). The van der Waals surface area contributed by atoms with Gasteiger partial charge in [0.05, 0.1) is 17.5 Å². The van der Waals surface area contributed by atoms with E-state index in [9.17, 15) is 4.79 Å². The van der Waals surface area contributed by atoms with Gasteiger partial charge in [-0.05, 0) is 12.8 Å². The lowest BCUT2D eigenvalue weighted by Crippen LogP contribution is -2.51. The van der Waals surface area contributed by atoms with Crippen LogP contribution in [0.25, 0.3) is 0 Å². The fourth-order valence-corrected chi connectivity index (χ4v) is 3.03. The molecule has 0 atom stereocenters. The van der Waals surface area contributed by atoms with E-state index in [4.69, 9.17) is 10.5 Å². The summed E-state index contributed by atoms with van der Waals surface area (Å²) in [5.41, 5.74) is 5.60. The van der Waals surface area contributed by atoms with Crippen LogP contribution in [0.5, 0.6) is 5.75 Å². The quantitative estimate of drug-likeness (QED) is 0.860. The van der Waals surface area contributed by atoms with Gasteiger partial charge in [0.25, 0.3) is 5.91 Å². The number of amides is 1. The zero-order valence-electron chi connectivity index (χ0n) is 9.99. The molecule has 0 aliphatic heterocycles. The van der Waals surface area contributed by atoms with Gasteiger partial charge in [0, 0.05) is 18.0 Å². The van der Waals surface area contributed by atoms with Crippen molar-refractivity contribution in [3.63, 3.8) is 0 Å². The average molecular weight is 254 g/mol. The molecule has 1 aliphatic carbocycles. The van der Waals surface area contributed by atoms with E-state index in [2.05, 4.69) is 5.32 Å². The Morgan fingerprint density at radius 1 is 1.59 bits per heavy atom. The van der Waals surface area contributed by atoms with E-state index < -0.39 is 0 Å². The van der Waals surface area contributed by atoms with Gasteiger partial charge in [0.2, 0.25) is 0 Å². The van der Waals surface area contributed by atoms with Crippen molar-refractivity contribution >= 4 is 17.2 Å². The highest BCUT2D eigenvalue weighted by Gasteiger charge is 2.34. The largest absolute Gasteiger partial charge is 0.496 e. The second kappa shape index (κ2) is 5.06. The number of hydrogen-bond acceptors (Lipinski definition) is 4. The van der Waals surface area contributed by atoms with E-state index in [1.165, 1.54) is 11.3 Å². The van der Waals surface area contributed by atoms with Crippen LogP contribution in [-0.2, 0) is 0 Å². The maximum absolute atomic E-state index is 12.1. The predicted molar refractivity (Wildman–Crippen MR) is 68.6 cm³/mol. The molecule has 3 N–H and O–H groups in total. The van der Waals surface area contributed by atoms with E-state index in [1.54, 1.807) is 13.2 Å². The summed E-state index contributed by atoms with van der Waals surface area (Å²) >= 11 is 1.40. The Morgan fingerprint density at radius 2 is 2.29 bits per heavy atom. The second-order valence-electron chi connectivity index (χ2n) is 4.50. The number of methoxy groups -OCH3 is 1. The number of rotatable bonds is 4. The molecule has 0 unspecified atom stereocenters. The molecule has 1 fully saturated rings. The van der Waals surface area contributed by atoms with Gasteiger partial charge < -0.3 is 15.8 Å². The van der Waals surface area contributed by atoms with Crippen LogP contribution >= 0.6 is 11.3 Å². The molecule has 4 nitrogen and oxygen atoms in total. The summed E-state index contributed by atoms with van der Waals surface area (Å²) in [6, 6.07) is 1.76. The van der Waals surface area contributed by atoms with Gasteiger partial charge in [-0.15, -0.1) is 11.3 Å². The van der Waals surface area contributed by atoms with Crippen LogP contribution in [0.1, 0.15) is 35.4 Å². The van der Waals surface area contributed by atoms with Crippen molar-refractivity contribution in [3.05, 3.63) is 16.3 Å². The maximum Gasteiger partial charge on any atom is 0.261 e. The molecule has 0 bridgehead atoms. The Bertz CT molecular complexity index is 397. The molecule has 1 heterocycles. The topological polar surface area (TPSA) is 64.3 Å². The van der Waals surface area contributed by atoms with Crippen molar-refractivity contribution < 1.29 is 9.53 Å². The molecule has 1 saturated carbocycles. The van der Waals surface area contributed by atoms with E-state index in [0.717, 1.165) is 31.4 Å². The van der Waals surface area contributed by atoms with Crippen LogP contribution in [0, 0.1) is 0 Å². The van der Waals surface area contributed by atoms with Gasteiger partial charge in [-0.2, -0.15) is 0 Å². The Balaban J connectivity index is 2.05. The summed E-state index contributed by atoms with van der Waals surface area (Å²) in [6.07, 6.45) is 4.26. The van der Waals surface area contributed by atoms with Gasteiger partial charge in [-0.3, -0.25) is 4.79 Å². The molecule has 2 rings (SSSR count). The first kappa shape index (κ1) is 12.4. The Kier molecular flexibility index (Phi) is 3.69. The number of thiophene rings is 1. The minimum absolute atomic E-state index is 0.0364. The van der Waals surface area contributed by atoms with E-state index in [-0.39, 0.29) is 11.4 Å². The SMILES string of the molecule is COc1csc(C(=O)NC2(CN)CCCC2)c1. The van der Waals surface area contributed by atoms with Crippen molar-refractivity contribution in [1.29, 1.82) is 0 Å². The van der Waals surface area contributed by atoms with Crippen molar-refractivity contribution in [2.24, 2.45) is 5.73 Å². The lowest BCUT2D eigenvalue weighted by molar-refractivity contribution is 0.0907. The first-order valence-electron chi connectivity index (χ1n) is 5.84. The third-order valence-corrected chi connectivity index (χ3v) is 4.27. The molecule has 5 heteroatoms.